The number of nitrogens with two attached hydrogens (primary N) is 1. The second-order valence-electron chi connectivity index (χ2n) is 3.12. The van der Waals surface area contributed by atoms with Crippen LogP contribution in [-0.2, 0) is 0 Å². The normalized spacial score (nSPS) is 10.7. The molecular formula is C9H12N4S. The van der Waals surface area contributed by atoms with Crippen LogP contribution in [-0.4, -0.2) is 29.5 Å². The Hall–Kier alpha value is -1.20. The van der Waals surface area contributed by atoms with Gasteiger partial charge in [0.15, 0.2) is 0 Å². The maximum absolute atomic E-state index is 5.48. The number of fused-ring (bicyclic) bond motifs is 1. The van der Waals surface area contributed by atoms with Gasteiger partial charge in [0.2, 0.25) is 0 Å². The zero-order valence-corrected chi connectivity index (χ0v) is 8.79. The lowest BCUT2D eigenvalue weighted by atomic mass is 10.3. The summed E-state index contributed by atoms with van der Waals surface area (Å²) in [5, 5.41) is 1.10. The van der Waals surface area contributed by atoms with Gasteiger partial charge in [-0.15, -0.1) is 0 Å². The van der Waals surface area contributed by atoms with Crippen LogP contribution >= 0.6 is 11.5 Å². The van der Waals surface area contributed by atoms with E-state index in [2.05, 4.69) is 9.36 Å². The van der Waals surface area contributed by atoms with E-state index in [1.54, 1.807) is 0 Å². The second-order valence-corrected chi connectivity index (χ2v) is 3.95. The monoisotopic (exact) mass is 208 g/mol. The Morgan fingerprint density at radius 1 is 1.50 bits per heavy atom. The van der Waals surface area contributed by atoms with Crippen LogP contribution in [0.1, 0.15) is 0 Å². The van der Waals surface area contributed by atoms with E-state index >= 15 is 0 Å². The summed E-state index contributed by atoms with van der Waals surface area (Å²) >= 11 is 1.49. The Morgan fingerprint density at radius 3 is 3.14 bits per heavy atom. The number of anilines is 1. The smallest absolute Gasteiger partial charge is 0.129 e. The average molecular weight is 208 g/mol. The highest BCUT2D eigenvalue weighted by Gasteiger charge is 2.03. The molecule has 0 unspecified atom stereocenters. The third-order valence-corrected chi connectivity index (χ3v) is 2.84. The molecule has 0 aliphatic carbocycles. The fourth-order valence-corrected chi connectivity index (χ4v) is 1.92. The molecule has 4 nitrogen and oxygen atoms in total. The standard InChI is InChI=1S/C9H12N4S/c1-13(3-2-10)9-4-8-7(5-11-9)6-12-14-8/h4-6H,2-3,10H2,1H3. The molecule has 0 saturated carbocycles. The fraction of sp³-hybridized carbons (Fsp3) is 0.333. The lowest BCUT2D eigenvalue weighted by Gasteiger charge is -2.16. The van der Waals surface area contributed by atoms with Crippen LogP contribution in [0, 0.1) is 0 Å². The summed E-state index contributed by atoms with van der Waals surface area (Å²) < 4.78 is 5.27. The highest BCUT2D eigenvalue weighted by Crippen LogP contribution is 2.21. The van der Waals surface area contributed by atoms with Gasteiger partial charge in [0.05, 0.1) is 10.9 Å². The minimum atomic E-state index is 0.638. The Bertz CT molecular complexity index is 425. The third-order valence-electron chi connectivity index (χ3n) is 2.08. The number of pyridine rings is 1. The van der Waals surface area contributed by atoms with Gasteiger partial charge in [-0.25, -0.2) is 4.98 Å². The van der Waals surface area contributed by atoms with E-state index in [9.17, 15) is 0 Å². The fourth-order valence-electron chi connectivity index (χ4n) is 1.27. The molecule has 5 heteroatoms. The van der Waals surface area contributed by atoms with Crippen LogP contribution in [0.15, 0.2) is 18.5 Å². The summed E-state index contributed by atoms with van der Waals surface area (Å²) in [6.07, 6.45) is 3.68. The summed E-state index contributed by atoms with van der Waals surface area (Å²) in [6, 6.07) is 2.04. The van der Waals surface area contributed by atoms with Crippen LogP contribution in [0.5, 0.6) is 0 Å². The van der Waals surface area contributed by atoms with Crippen LogP contribution in [0.3, 0.4) is 0 Å². The first-order valence-corrected chi connectivity index (χ1v) is 5.20. The largest absolute Gasteiger partial charge is 0.358 e. The predicted molar refractivity (Wildman–Crippen MR) is 59.7 cm³/mol. The molecule has 2 N–H and O–H groups in total. The molecule has 74 valence electrons. The van der Waals surface area contributed by atoms with Gasteiger partial charge in [0, 0.05) is 37.8 Å². The molecule has 0 spiro atoms. The third kappa shape index (κ3) is 1.69. The zero-order valence-electron chi connectivity index (χ0n) is 7.97. The molecule has 2 heterocycles. The quantitative estimate of drug-likeness (QED) is 0.820. The lowest BCUT2D eigenvalue weighted by molar-refractivity contribution is 0.870. The number of hydrogen-bond donors (Lipinski definition) is 1. The zero-order chi connectivity index (χ0) is 9.97. The Balaban J connectivity index is 2.33. The van der Waals surface area contributed by atoms with Gasteiger partial charge >= 0.3 is 0 Å². The van der Waals surface area contributed by atoms with Gasteiger partial charge in [-0.05, 0) is 11.5 Å². The Labute approximate surface area is 86.5 Å². The van der Waals surface area contributed by atoms with Gasteiger partial charge < -0.3 is 10.6 Å². The summed E-state index contributed by atoms with van der Waals surface area (Å²) in [4.78, 5) is 6.38. The van der Waals surface area contributed by atoms with Crippen LogP contribution in [0.25, 0.3) is 10.1 Å². The van der Waals surface area contributed by atoms with Crippen molar-refractivity contribution in [2.75, 3.05) is 25.0 Å². The first-order valence-electron chi connectivity index (χ1n) is 4.43. The van der Waals surface area contributed by atoms with Crippen molar-refractivity contribution >= 4 is 27.4 Å². The number of rotatable bonds is 3. The number of aromatic nitrogens is 2. The van der Waals surface area contributed by atoms with Crippen molar-refractivity contribution in [3.8, 4) is 0 Å². The molecule has 0 bridgehead atoms. The molecule has 14 heavy (non-hydrogen) atoms. The van der Waals surface area contributed by atoms with Crippen molar-refractivity contribution in [3.63, 3.8) is 0 Å². The average Bonchev–Trinajstić information content (AvgIpc) is 2.64. The summed E-state index contributed by atoms with van der Waals surface area (Å²) in [5.41, 5.74) is 5.48. The maximum atomic E-state index is 5.48. The topological polar surface area (TPSA) is 55.0 Å². The molecule has 0 aliphatic rings. The summed E-state index contributed by atoms with van der Waals surface area (Å²) in [6.45, 7) is 1.45. The van der Waals surface area contributed by atoms with Crippen LogP contribution < -0.4 is 10.6 Å². The molecule has 0 aliphatic heterocycles. The molecule has 2 aromatic rings. The van der Waals surface area contributed by atoms with E-state index in [1.807, 2.05) is 30.4 Å². The van der Waals surface area contributed by atoms with E-state index in [0.29, 0.717) is 6.54 Å². The number of hydrogen-bond acceptors (Lipinski definition) is 5. The van der Waals surface area contributed by atoms with Gasteiger partial charge in [-0.3, -0.25) is 0 Å². The van der Waals surface area contributed by atoms with Crippen molar-refractivity contribution in [1.82, 2.24) is 9.36 Å². The van der Waals surface area contributed by atoms with Gasteiger partial charge in [-0.1, -0.05) is 0 Å². The Kier molecular flexibility index (Phi) is 2.60. The molecule has 0 atom stereocenters. The van der Waals surface area contributed by atoms with Gasteiger partial charge in [0.25, 0.3) is 0 Å². The molecular weight excluding hydrogens is 196 g/mol. The van der Waals surface area contributed by atoms with Crippen LogP contribution in [0.2, 0.25) is 0 Å². The van der Waals surface area contributed by atoms with E-state index in [-0.39, 0.29) is 0 Å². The first-order chi connectivity index (χ1) is 6.81. The molecule has 0 amide bonds. The second kappa shape index (κ2) is 3.89. The molecule has 0 saturated heterocycles. The van der Waals surface area contributed by atoms with Crippen molar-refractivity contribution in [2.45, 2.75) is 0 Å². The molecule has 0 fully saturated rings. The first kappa shape index (κ1) is 9.36. The van der Waals surface area contributed by atoms with Crippen molar-refractivity contribution in [1.29, 1.82) is 0 Å². The lowest BCUT2D eigenvalue weighted by Crippen LogP contribution is -2.25. The minimum Gasteiger partial charge on any atom is -0.358 e. The van der Waals surface area contributed by atoms with Crippen molar-refractivity contribution in [2.24, 2.45) is 5.73 Å². The SMILES string of the molecule is CN(CCN)c1cc2sncc2cn1. The minimum absolute atomic E-state index is 0.638. The number of nitrogens with zero attached hydrogens (tertiary/aromatic N) is 3. The number of likely N-dealkylation sites (N-methyl/N-ethyl adjacent to an activating group) is 1. The van der Waals surface area contributed by atoms with E-state index < -0.39 is 0 Å². The van der Waals surface area contributed by atoms with Gasteiger partial charge in [0.1, 0.15) is 5.82 Å². The van der Waals surface area contributed by atoms with Gasteiger partial charge in [-0.2, -0.15) is 4.37 Å². The van der Waals surface area contributed by atoms with Crippen molar-refractivity contribution in [3.05, 3.63) is 18.5 Å². The highest BCUT2D eigenvalue weighted by atomic mass is 32.1. The molecule has 2 aromatic heterocycles. The highest BCUT2D eigenvalue weighted by molar-refractivity contribution is 7.13. The predicted octanol–water partition coefficient (Wildman–Crippen LogP) is 1.09. The summed E-state index contributed by atoms with van der Waals surface area (Å²) in [5.74, 6) is 0.951. The van der Waals surface area contributed by atoms with Crippen LogP contribution in [0.4, 0.5) is 5.82 Å². The van der Waals surface area contributed by atoms with E-state index in [0.717, 1.165) is 17.7 Å². The molecule has 0 aromatic carbocycles. The van der Waals surface area contributed by atoms with Crippen molar-refractivity contribution < 1.29 is 0 Å². The van der Waals surface area contributed by atoms with E-state index in [1.165, 1.54) is 16.2 Å². The summed E-state index contributed by atoms with van der Waals surface area (Å²) in [7, 11) is 1.99. The maximum Gasteiger partial charge on any atom is 0.129 e. The van der Waals surface area contributed by atoms with E-state index in [4.69, 9.17) is 5.73 Å². The molecule has 0 radical (unpaired) electrons. The molecule has 2 rings (SSSR count). The Morgan fingerprint density at radius 2 is 2.36 bits per heavy atom.